The van der Waals surface area contributed by atoms with E-state index in [1.54, 1.807) is 37.3 Å². The van der Waals surface area contributed by atoms with Gasteiger partial charge in [0.2, 0.25) is 5.96 Å². The lowest BCUT2D eigenvalue weighted by molar-refractivity contribution is -0.825. The van der Waals surface area contributed by atoms with Gasteiger partial charge in [-0.15, -0.1) is 5.10 Å². The van der Waals surface area contributed by atoms with E-state index in [9.17, 15) is 4.79 Å². The van der Waals surface area contributed by atoms with Crippen LogP contribution in [0.2, 0.25) is 0 Å². The number of guanidine groups is 1. The summed E-state index contributed by atoms with van der Waals surface area (Å²) in [5, 5.41) is 20.3. The molecule has 138 valence electrons. The topological polar surface area (TPSA) is 158 Å². The number of nitrogens with zero attached hydrogens (tertiary/aromatic N) is 2. The van der Waals surface area contributed by atoms with Crippen LogP contribution >= 0.6 is 0 Å². The first-order valence-electron chi connectivity index (χ1n) is 8.11. The number of carbonyl (C=O) groups excluding carboxylic acids is 1. The quantitative estimate of drug-likeness (QED) is 0.172. The molecule has 0 spiro atoms. The van der Waals surface area contributed by atoms with Gasteiger partial charge in [-0.3, -0.25) is 4.79 Å². The first kappa shape index (κ1) is 18.1. The molecule has 9 heteroatoms. The summed E-state index contributed by atoms with van der Waals surface area (Å²) >= 11 is 0. The summed E-state index contributed by atoms with van der Waals surface area (Å²) in [5.74, 6) is -0.375. The van der Waals surface area contributed by atoms with Crippen LogP contribution in [0, 0.1) is 0 Å². The molecule has 0 aliphatic rings. The number of carbonyl (C=O) groups is 1. The molecule has 0 unspecified atom stereocenters. The number of hydrogen-bond donors (Lipinski definition) is 6. The predicted octanol–water partition coefficient (Wildman–Crippen LogP) is 1.00. The molecule has 0 bridgehead atoms. The zero-order valence-corrected chi connectivity index (χ0v) is 14.6. The molecule has 27 heavy (non-hydrogen) atoms. The number of rotatable bonds is 5. The third-order valence-electron chi connectivity index (χ3n) is 3.91. The van der Waals surface area contributed by atoms with Crippen molar-refractivity contribution in [3.63, 3.8) is 0 Å². The molecule has 3 aromatic rings. The highest BCUT2D eigenvalue weighted by atomic mass is 16.5. The first-order valence-corrected chi connectivity index (χ1v) is 8.11. The standard InChI is InChI=1S/C18H19N7O2/c1-10(23-24-18(19)20)11-2-4-13(5-3-11)21-17(26)16-9-12-8-14(25-27)6-7-15(12)22-16/h2-9,22,25,27H,1H3,(H,21,26)(H4,19,20,24)/p+1/b23-10-. The van der Waals surface area contributed by atoms with Gasteiger partial charge in [-0.2, -0.15) is 10.6 Å². The first-order chi connectivity index (χ1) is 13.0. The number of amides is 1. The molecule has 0 saturated carbocycles. The van der Waals surface area contributed by atoms with Gasteiger partial charge >= 0.3 is 0 Å². The zero-order valence-electron chi connectivity index (χ0n) is 14.6. The Kier molecular flexibility index (Phi) is 5.15. The van der Waals surface area contributed by atoms with E-state index >= 15 is 0 Å². The van der Waals surface area contributed by atoms with Crippen molar-refractivity contribution in [2.45, 2.75) is 6.92 Å². The second-order valence-corrected chi connectivity index (χ2v) is 5.90. The molecule has 0 fully saturated rings. The number of quaternary nitrogens is 1. The number of nitrogens with one attached hydrogen (secondary N) is 2. The summed E-state index contributed by atoms with van der Waals surface area (Å²) in [6.45, 7) is 1.78. The molecule has 0 aliphatic carbocycles. The largest absolute Gasteiger partial charge is 0.369 e. The molecule has 0 radical (unpaired) electrons. The molecule has 9 nitrogen and oxygen atoms in total. The molecule has 9 N–H and O–H groups in total. The Bertz CT molecular complexity index is 1030. The lowest BCUT2D eigenvalue weighted by Crippen LogP contribution is -2.73. The van der Waals surface area contributed by atoms with Crippen LogP contribution in [0.5, 0.6) is 0 Å². The number of aromatic amines is 1. The van der Waals surface area contributed by atoms with E-state index in [1.165, 1.54) is 0 Å². The molecular weight excluding hydrogens is 346 g/mol. The predicted molar refractivity (Wildman–Crippen MR) is 104 cm³/mol. The van der Waals surface area contributed by atoms with E-state index < -0.39 is 0 Å². The lowest BCUT2D eigenvalue weighted by atomic mass is 10.1. The van der Waals surface area contributed by atoms with Crippen LogP contribution in [0.4, 0.5) is 11.4 Å². The van der Waals surface area contributed by atoms with Crippen molar-refractivity contribution in [2.75, 3.05) is 5.32 Å². The van der Waals surface area contributed by atoms with Gasteiger partial charge in [-0.05, 0) is 36.8 Å². The second-order valence-electron chi connectivity index (χ2n) is 5.90. The Morgan fingerprint density at radius 2 is 1.85 bits per heavy atom. The highest BCUT2D eigenvalue weighted by molar-refractivity contribution is 6.06. The van der Waals surface area contributed by atoms with Gasteiger partial charge in [-0.1, -0.05) is 12.1 Å². The summed E-state index contributed by atoms with van der Waals surface area (Å²) < 4.78 is 0. The normalized spacial score (nSPS) is 11.4. The number of hydrogen-bond acceptors (Lipinski definition) is 4. The fraction of sp³-hybridized carbons (Fsp3) is 0.0556. The maximum absolute atomic E-state index is 12.5. The Balaban J connectivity index is 1.74. The van der Waals surface area contributed by atoms with Crippen molar-refractivity contribution in [2.24, 2.45) is 21.7 Å². The van der Waals surface area contributed by atoms with Crippen molar-refractivity contribution >= 4 is 39.9 Å². The number of fused-ring (bicyclic) bond motifs is 1. The zero-order chi connectivity index (χ0) is 19.4. The van der Waals surface area contributed by atoms with Gasteiger partial charge < -0.3 is 21.8 Å². The average molecular weight is 366 g/mol. The van der Waals surface area contributed by atoms with E-state index in [0.29, 0.717) is 22.8 Å². The number of aromatic nitrogens is 1. The summed E-state index contributed by atoms with van der Waals surface area (Å²) in [6.07, 6.45) is 0. The Labute approximate surface area is 154 Å². The minimum Gasteiger partial charge on any atom is -0.369 e. The third kappa shape index (κ3) is 4.29. The van der Waals surface area contributed by atoms with E-state index in [1.807, 2.05) is 18.2 Å². The fourth-order valence-corrected chi connectivity index (χ4v) is 2.54. The SMILES string of the molecule is C/C(=N/N=C(N)N)c1ccc(NC(=O)c2cc3cc([NH2+]O)ccc3[nH]2)cc1. The van der Waals surface area contributed by atoms with E-state index in [0.717, 1.165) is 21.9 Å². The van der Waals surface area contributed by atoms with Crippen LogP contribution in [0.15, 0.2) is 58.7 Å². The molecule has 3 rings (SSSR count). The second kappa shape index (κ2) is 7.68. The van der Waals surface area contributed by atoms with Gasteiger partial charge in [0, 0.05) is 28.7 Å². The smallest absolute Gasteiger partial charge is 0.272 e. The number of nitrogens with two attached hydrogens (primary N) is 3. The Morgan fingerprint density at radius 1 is 1.11 bits per heavy atom. The molecule has 0 atom stereocenters. The number of anilines is 1. The van der Waals surface area contributed by atoms with Crippen LogP contribution in [-0.2, 0) is 0 Å². The number of benzene rings is 2. The Hall–Kier alpha value is -3.69. The summed E-state index contributed by atoms with van der Waals surface area (Å²) in [7, 11) is 0. The van der Waals surface area contributed by atoms with Crippen molar-refractivity contribution in [3.8, 4) is 0 Å². The molecule has 0 aliphatic heterocycles. The highest BCUT2D eigenvalue weighted by Crippen LogP contribution is 2.19. The molecule has 1 aromatic heterocycles. The van der Waals surface area contributed by atoms with Crippen LogP contribution in [0.25, 0.3) is 10.9 Å². The van der Waals surface area contributed by atoms with Crippen LogP contribution < -0.4 is 22.3 Å². The summed E-state index contributed by atoms with van der Waals surface area (Å²) in [4.78, 5) is 15.5. The van der Waals surface area contributed by atoms with Crippen molar-refractivity contribution in [1.29, 1.82) is 0 Å². The third-order valence-corrected chi connectivity index (χ3v) is 3.91. The number of H-pyrrole nitrogens is 1. The van der Waals surface area contributed by atoms with Crippen molar-refractivity contribution in [3.05, 3.63) is 59.8 Å². The minimum atomic E-state index is -0.264. The summed E-state index contributed by atoms with van der Waals surface area (Å²) in [5.41, 5.74) is 15.5. The van der Waals surface area contributed by atoms with Crippen molar-refractivity contribution in [1.82, 2.24) is 4.98 Å². The molecule has 1 amide bonds. The van der Waals surface area contributed by atoms with Crippen molar-refractivity contribution < 1.29 is 15.5 Å². The van der Waals surface area contributed by atoms with Crippen LogP contribution in [0.3, 0.4) is 0 Å². The summed E-state index contributed by atoms with van der Waals surface area (Å²) in [6, 6.07) is 14.2. The maximum atomic E-state index is 12.5. The van der Waals surface area contributed by atoms with Gasteiger partial charge in [-0.25, -0.2) is 5.21 Å². The van der Waals surface area contributed by atoms with E-state index in [2.05, 4.69) is 20.5 Å². The van der Waals surface area contributed by atoms with Crippen LogP contribution in [-0.4, -0.2) is 27.8 Å². The molecule has 0 saturated heterocycles. The van der Waals surface area contributed by atoms with E-state index in [4.69, 9.17) is 16.7 Å². The molecular formula is C18H20N7O2+. The average Bonchev–Trinajstić information content (AvgIpc) is 3.10. The van der Waals surface area contributed by atoms with E-state index in [-0.39, 0.29) is 11.9 Å². The Morgan fingerprint density at radius 3 is 2.52 bits per heavy atom. The van der Waals surface area contributed by atoms with Crippen LogP contribution in [0.1, 0.15) is 23.0 Å². The highest BCUT2D eigenvalue weighted by Gasteiger charge is 2.11. The van der Waals surface area contributed by atoms with Gasteiger partial charge in [0.05, 0.1) is 5.71 Å². The maximum Gasteiger partial charge on any atom is 0.272 e. The van der Waals surface area contributed by atoms with Gasteiger partial charge in [0.15, 0.2) is 5.69 Å². The van der Waals surface area contributed by atoms with Gasteiger partial charge in [0.1, 0.15) is 5.69 Å². The lowest BCUT2D eigenvalue weighted by Gasteiger charge is -2.05. The monoisotopic (exact) mass is 366 g/mol. The van der Waals surface area contributed by atoms with Gasteiger partial charge in [0.25, 0.3) is 5.91 Å². The fourth-order valence-electron chi connectivity index (χ4n) is 2.54. The molecule has 2 aromatic carbocycles. The molecule has 1 heterocycles. The minimum absolute atomic E-state index is 0.111.